The second kappa shape index (κ2) is 7.88. The Balaban J connectivity index is 2.20. The van der Waals surface area contributed by atoms with Crippen LogP contribution in [0.2, 0.25) is 20.1 Å². The molecule has 0 nitrogen and oxygen atoms in total. The zero-order valence-corrected chi connectivity index (χ0v) is 15.6. The minimum atomic E-state index is -0.464. The molecule has 2 aromatic rings. The summed E-state index contributed by atoms with van der Waals surface area (Å²) in [5, 5.41) is 2.20. The van der Waals surface area contributed by atoms with E-state index < -0.39 is 9.42 Å². The highest BCUT2D eigenvalue weighted by atomic mass is 35.5. The molecule has 0 bridgehead atoms. The summed E-state index contributed by atoms with van der Waals surface area (Å²) in [6, 6.07) is 10.2. The molecule has 2 aromatic carbocycles. The summed E-state index contributed by atoms with van der Waals surface area (Å²) in [6.07, 6.45) is 0. The van der Waals surface area contributed by atoms with Crippen molar-refractivity contribution in [2.75, 3.05) is 0 Å². The standard InChI is InChI=1S/C14H8Cl6S/c15-7-1-3-11(17)9(5-7)13(19)21-14(20)10-6-8(16)2-4-12(10)18/h1-6,13-14H. The van der Waals surface area contributed by atoms with Crippen molar-refractivity contribution in [3.05, 3.63) is 67.6 Å². The highest BCUT2D eigenvalue weighted by molar-refractivity contribution is 8.01. The van der Waals surface area contributed by atoms with Crippen LogP contribution in [0.3, 0.4) is 0 Å². The van der Waals surface area contributed by atoms with Crippen molar-refractivity contribution in [1.82, 2.24) is 0 Å². The lowest BCUT2D eigenvalue weighted by molar-refractivity contribution is 1.31. The van der Waals surface area contributed by atoms with Gasteiger partial charge in [0.2, 0.25) is 0 Å². The third-order valence-electron chi connectivity index (χ3n) is 2.64. The van der Waals surface area contributed by atoms with Gasteiger partial charge in [0.05, 0.1) is 0 Å². The molecule has 0 aliphatic carbocycles. The van der Waals surface area contributed by atoms with E-state index >= 15 is 0 Å². The van der Waals surface area contributed by atoms with Gasteiger partial charge in [-0.3, -0.25) is 0 Å². The number of hydrogen-bond acceptors (Lipinski definition) is 1. The van der Waals surface area contributed by atoms with Crippen LogP contribution in [0.1, 0.15) is 20.5 Å². The van der Waals surface area contributed by atoms with Crippen LogP contribution in [0.4, 0.5) is 0 Å². The average molecular weight is 421 g/mol. The van der Waals surface area contributed by atoms with Crippen LogP contribution in [0, 0.1) is 0 Å². The minimum absolute atomic E-state index is 0.464. The van der Waals surface area contributed by atoms with E-state index in [0.29, 0.717) is 31.2 Å². The lowest BCUT2D eigenvalue weighted by Crippen LogP contribution is -1.93. The minimum Gasteiger partial charge on any atom is -0.113 e. The number of alkyl halides is 2. The number of hydrogen-bond donors (Lipinski definition) is 0. The molecule has 0 saturated carbocycles. The second-order valence-corrected chi connectivity index (χ2v) is 8.39. The summed E-state index contributed by atoms with van der Waals surface area (Å²) in [7, 11) is 0. The topological polar surface area (TPSA) is 0 Å². The largest absolute Gasteiger partial charge is 0.113 e. The molecule has 0 aliphatic rings. The Morgan fingerprint density at radius 2 is 1.05 bits per heavy atom. The van der Waals surface area contributed by atoms with Crippen molar-refractivity contribution in [3.63, 3.8) is 0 Å². The van der Waals surface area contributed by atoms with Crippen LogP contribution in [-0.4, -0.2) is 0 Å². The zero-order chi connectivity index (χ0) is 15.6. The lowest BCUT2D eigenvalue weighted by atomic mass is 10.2. The van der Waals surface area contributed by atoms with Crippen LogP contribution in [-0.2, 0) is 0 Å². The number of halogens is 6. The maximum Gasteiger partial charge on any atom is 0.107 e. The van der Waals surface area contributed by atoms with E-state index in [2.05, 4.69) is 0 Å². The first-order chi connectivity index (χ1) is 9.88. The van der Waals surface area contributed by atoms with Crippen LogP contribution in [0.5, 0.6) is 0 Å². The lowest BCUT2D eigenvalue weighted by Gasteiger charge is -2.17. The number of rotatable bonds is 4. The second-order valence-electron chi connectivity index (χ2n) is 4.10. The van der Waals surface area contributed by atoms with E-state index in [4.69, 9.17) is 69.6 Å². The van der Waals surface area contributed by atoms with Gasteiger partial charge in [0.1, 0.15) is 9.42 Å². The molecule has 7 heteroatoms. The molecule has 21 heavy (non-hydrogen) atoms. The number of benzene rings is 2. The number of thioether (sulfide) groups is 1. The predicted molar refractivity (Wildman–Crippen MR) is 97.7 cm³/mol. The molecular weight excluding hydrogens is 413 g/mol. The van der Waals surface area contributed by atoms with Crippen LogP contribution in [0.15, 0.2) is 36.4 Å². The maximum atomic E-state index is 6.38. The Hall–Kier alpha value is 0.530. The zero-order valence-electron chi connectivity index (χ0n) is 10.3. The average Bonchev–Trinajstić information content (AvgIpc) is 2.43. The maximum absolute atomic E-state index is 6.38. The summed E-state index contributed by atoms with van der Waals surface area (Å²) in [5.74, 6) is 0. The Morgan fingerprint density at radius 3 is 1.43 bits per heavy atom. The van der Waals surface area contributed by atoms with Crippen molar-refractivity contribution in [2.24, 2.45) is 0 Å². The summed E-state index contributed by atoms with van der Waals surface area (Å²) in [6.45, 7) is 0. The van der Waals surface area contributed by atoms with Gasteiger partial charge < -0.3 is 0 Å². The molecule has 0 spiro atoms. The van der Waals surface area contributed by atoms with Gasteiger partial charge in [-0.25, -0.2) is 0 Å². The van der Waals surface area contributed by atoms with Gasteiger partial charge in [-0.05, 0) is 36.4 Å². The van der Waals surface area contributed by atoms with E-state index in [1.54, 1.807) is 36.4 Å². The molecule has 2 rings (SSSR count). The molecule has 112 valence electrons. The molecule has 0 N–H and O–H groups in total. The van der Waals surface area contributed by atoms with Crippen LogP contribution >= 0.6 is 81.4 Å². The van der Waals surface area contributed by atoms with Crippen molar-refractivity contribution < 1.29 is 0 Å². The molecule has 0 aromatic heterocycles. The molecule has 2 atom stereocenters. The third kappa shape index (κ3) is 4.75. The van der Waals surface area contributed by atoms with Crippen molar-refractivity contribution in [3.8, 4) is 0 Å². The Morgan fingerprint density at radius 1 is 0.667 bits per heavy atom. The first kappa shape index (κ1) is 17.9. The Kier molecular flexibility index (Phi) is 6.71. The summed E-state index contributed by atoms with van der Waals surface area (Å²) in [4.78, 5) is 0. The fraction of sp³-hybridized carbons (Fsp3) is 0.143. The quantitative estimate of drug-likeness (QED) is 0.449. The highest BCUT2D eigenvalue weighted by Gasteiger charge is 2.21. The molecule has 0 heterocycles. The third-order valence-corrected chi connectivity index (χ3v) is 5.88. The van der Waals surface area contributed by atoms with E-state index in [1.165, 1.54) is 11.8 Å². The molecular formula is C14H8Cl6S. The van der Waals surface area contributed by atoms with Gasteiger partial charge in [-0.15, -0.1) is 35.0 Å². The Bertz CT molecular complexity index is 590. The van der Waals surface area contributed by atoms with Crippen molar-refractivity contribution >= 4 is 81.4 Å². The monoisotopic (exact) mass is 418 g/mol. The molecule has 0 amide bonds. The first-order valence-corrected chi connectivity index (χ1v) is 9.04. The van der Waals surface area contributed by atoms with E-state index in [9.17, 15) is 0 Å². The van der Waals surface area contributed by atoms with Crippen LogP contribution < -0.4 is 0 Å². The fourth-order valence-electron chi connectivity index (χ4n) is 1.63. The van der Waals surface area contributed by atoms with Gasteiger partial charge in [-0.1, -0.05) is 46.4 Å². The van der Waals surface area contributed by atoms with Gasteiger partial charge in [0.15, 0.2) is 0 Å². The summed E-state index contributed by atoms with van der Waals surface area (Å²) >= 11 is 38.2. The van der Waals surface area contributed by atoms with Gasteiger partial charge in [0, 0.05) is 31.2 Å². The van der Waals surface area contributed by atoms with Crippen molar-refractivity contribution in [2.45, 2.75) is 9.42 Å². The van der Waals surface area contributed by atoms with E-state index in [0.717, 1.165) is 0 Å². The summed E-state index contributed by atoms with van der Waals surface area (Å²) < 4.78 is -0.928. The smallest absolute Gasteiger partial charge is 0.107 e. The molecule has 0 fully saturated rings. The van der Waals surface area contributed by atoms with E-state index in [1.807, 2.05) is 0 Å². The molecule has 0 saturated heterocycles. The normalized spacial score (nSPS) is 14.0. The summed E-state index contributed by atoms with van der Waals surface area (Å²) in [5.41, 5.74) is 1.42. The van der Waals surface area contributed by atoms with Crippen LogP contribution in [0.25, 0.3) is 0 Å². The fourth-order valence-corrected chi connectivity index (χ4v) is 4.71. The van der Waals surface area contributed by atoms with Gasteiger partial charge in [0.25, 0.3) is 0 Å². The van der Waals surface area contributed by atoms with Gasteiger partial charge in [-0.2, -0.15) is 0 Å². The molecule has 2 unspecified atom stereocenters. The molecule has 0 radical (unpaired) electrons. The highest BCUT2D eigenvalue weighted by Crippen LogP contribution is 2.49. The Labute approximate surface area is 157 Å². The first-order valence-electron chi connectivity index (χ1n) is 5.72. The van der Waals surface area contributed by atoms with Gasteiger partial charge >= 0.3 is 0 Å². The van der Waals surface area contributed by atoms with E-state index in [-0.39, 0.29) is 0 Å². The SMILES string of the molecule is Clc1ccc(Cl)c(C(Cl)SC(Cl)c2cc(Cl)ccc2Cl)c1. The molecule has 0 aliphatic heterocycles. The van der Waals surface area contributed by atoms with Crippen molar-refractivity contribution in [1.29, 1.82) is 0 Å². The predicted octanol–water partition coefficient (Wildman–Crippen LogP) is 8.21.